The predicted octanol–water partition coefficient (Wildman–Crippen LogP) is 2.95. The number of aromatic nitrogens is 2. The smallest absolute Gasteiger partial charge is 0.235 e. The number of nitrogens with zero attached hydrogens (tertiary/aromatic N) is 3. The van der Waals surface area contributed by atoms with E-state index < -0.39 is 0 Å². The molecule has 0 bridgehead atoms. The fraction of sp³-hybridized carbons (Fsp3) is 0.640. The number of carbonyl (C=O) groups excluding carboxylic acids is 2. The van der Waals surface area contributed by atoms with Crippen LogP contribution >= 0.6 is 0 Å². The van der Waals surface area contributed by atoms with Crippen LogP contribution in [0.5, 0.6) is 0 Å². The zero-order valence-electron chi connectivity index (χ0n) is 19.3. The summed E-state index contributed by atoms with van der Waals surface area (Å²) in [5.41, 5.74) is 3.07. The Hall–Kier alpha value is -2.41. The number of rotatable bonds is 4. The van der Waals surface area contributed by atoms with E-state index in [0.717, 1.165) is 47.4 Å². The minimum absolute atomic E-state index is 0.188. The third-order valence-electron chi connectivity index (χ3n) is 8.01. The number of amides is 2. The largest absolute Gasteiger partial charge is 0.371 e. The van der Waals surface area contributed by atoms with Crippen LogP contribution in [-0.4, -0.2) is 47.8 Å². The summed E-state index contributed by atoms with van der Waals surface area (Å²) in [5.74, 6) is 1.76. The Balaban J connectivity index is 1.27. The molecule has 2 amide bonds. The molecule has 1 aromatic carbocycles. The zero-order chi connectivity index (χ0) is 22.2. The third-order valence-corrected chi connectivity index (χ3v) is 8.01. The number of nitrogens with one attached hydrogen (secondary N) is 2. The number of aryl methyl sites for hydroxylation is 1. The summed E-state index contributed by atoms with van der Waals surface area (Å²) in [4.78, 5) is 26.4. The second-order valence-corrected chi connectivity index (χ2v) is 10.1. The van der Waals surface area contributed by atoms with Gasteiger partial charge in [0.25, 0.3) is 0 Å². The van der Waals surface area contributed by atoms with E-state index in [4.69, 9.17) is 0 Å². The molecule has 5 rings (SSSR count). The summed E-state index contributed by atoms with van der Waals surface area (Å²) in [6.07, 6.45) is 6.14. The molecule has 0 radical (unpaired) electrons. The van der Waals surface area contributed by atoms with Crippen molar-refractivity contribution in [1.82, 2.24) is 20.4 Å². The topological polar surface area (TPSA) is 79.3 Å². The lowest BCUT2D eigenvalue weighted by Gasteiger charge is -2.37. The van der Waals surface area contributed by atoms with Crippen LogP contribution in [0.25, 0.3) is 10.9 Å². The molecule has 32 heavy (non-hydrogen) atoms. The van der Waals surface area contributed by atoms with Gasteiger partial charge in [-0.15, -0.1) is 0 Å². The molecule has 7 heteroatoms. The highest BCUT2D eigenvalue weighted by Crippen LogP contribution is 2.35. The molecule has 172 valence electrons. The first-order valence-corrected chi connectivity index (χ1v) is 12.3. The molecule has 3 aliphatic rings. The van der Waals surface area contributed by atoms with Gasteiger partial charge in [-0.05, 0) is 81.1 Å². The second kappa shape index (κ2) is 8.85. The fourth-order valence-corrected chi connectivity index (χ4v) is 5.96. The standard InChI is InChI=1S/C25H35N5O2/c1-16-15-26-10-7-18(16)13-17-8-11-30(12-9-17)19-3-4-20-22(14-19)29(2)28-24(20)21-5-6-23(31)27-25(21)32/h3-4,14,16-18,21,26H,5-13,15H2,1-2H3,(H,27,31,32)/t16-,18+,21?/m0/s1. The molecule has 3 atom stereocenters. The third kappa shape index (κ3) is 4.15. The number of piperidine rings is 3. The number of hydrogen-bond acceptors (Lipinski definition) is 5. The molecule has 0 saturated carbocycles. The average Bonchev–Trinajstić information content (AvgIpc) is 3.11. The molecular weight excluding hydrogens is 402 g/mol. The Labute approximate surface area is 189 Å². The van der Waals surface area contributed by atoms with Crippen molar-refractivity contribution in [3.63, 3.8) is 0 Å². The Morgan fingerprint density at radius 2 is 1.94 bits per heavy atom. The molecular formula is C25H35N5O2. The van der Waals surface area contributed by atoms with E-state index in [1.165, 1.54) is 44.5 Å². The van der Waals surface area contributed by atoms with Gasteiger partial charge in [-0.25, -0.2) is 0 Å². The first kappa shape index (κ1) is 21.4. The molecule has 2 N–H and O–H groups in total. The Bertz CT molecular complexity index is 1010. The highest BCUT2D eigenvalue weighted by molar-refractivity contribution is 6.02. The van der Waals surface area contributed by atoms with Gasteiger partial charge in [-0.2, -0.15) is 5.10 Å². The first-order chi connectivity index (χ1) is 15.5. The van der Waals surface area contributed by atoms with Crippen LogP contribution in [0.1, 0.15) is 57.1 Å². The molecule has 0 aliphatic carbocycles. The quantitative estimate of drug-likeness (QED) is 0.719. The van der Waals surface area contributed by atoms with Crippen molar-refractivity contribution >= 4 is 28.4 Å². The predicted molar refractivity (Wildman–Crippen MR) is 126 cm³/mol. The molecule has 3 aliphatic heterocycles. The van der Waals surface area contributed by atoms with Crippen molar-refractivity contribution in [2.45, 2.75) is 51.4 Å². The maximum atomic E-state index is 12.4. The van der Waals surface area contributed by atoms with E-state index in [9.17, 15) is 9.59 Å². The van der Waals surface area contributed by atoms with E-state index in [2.05, 4.69) is 45.8 Å². The number of anilines is 1. The minimum atomic E-state index is -0.352. The Morgan fingerprint density at radius 3 is 2.69 bits per heavy atom. The lowest BCUT2D eigenvalue weighted by Crippen LogP contribution is -2.39. The van der Waals surface area contributed by atoms with Crippen LogP contribution in [-0.2, 0) is 16.6 Å². The van der Waals surface area contributed by atoms with E-state index in [1.807, 2.05) is 11.7 Å². The van der Waals surface area contributed by atoms with Crippen molar-refractivity contribution in [2.75, 3.05) is 31.1 Å². The summed E-state index contributed by atoms with van der Waals surface area (Å²) < 4.78 is 1.88. The van der Waals surface area contributed by atoms with Gasteiger partial charge < -0.3 is 10.2 Å². The maximum Gasteiger partial charge on any atom is 0.235 e. The summed E-state index contributed by atoms with van der Waals surface area (Å²) in [5, 5.41) is 11.7. The van der Waals surface area contributed by atoms with Crippen molar-refractivity contribution in [1.29, 1.82) is 0 Å². The minimum Gasteiger partial charge on any atom is -0.371 e. The SMILES string of the molecule is C[C@H]1CNCC[C@@H]1CC1CCN(c2ccc3c(C4CCC(=O)NC4=O)nn(C)c3c2)CC1. The van der Waals surface area contributed by atoms with Crippen LogP contribution < -0.4 is 15.5 Å². The molecule has 7 nitrogen and oxygen atoms in total. The van der Waals surface area contributed by atoms with E-state index >= 15 is 0 Å². The van der Waals surface area contributed by atoms with Crippen molar-refractivity contribution < 1.29 is 9.59 Å². The number of imide groups is 1. The van der Waals surface area contributed by atoms with Gasteiger partial charge in [0.2, 0.25) is 11.8 Å². The lowest BCUT2D eigenvalue weighted by atomic mass is 9.78. The zero-order valence-corrected chi connectivity index (χ0v) is 19.3. The van der Waals surface area contributed by atoms with Gasteiger partial charge in [-0.1, -0.05) is 6.92 Å². The summed E-state index contributed by atoms with van der Waals surface area (Å²) >= 11 is 0. The Kier molecular flexibility index (Phi) is 5.93. The van der Waals surface area contributed by atoms with Crippen molar-refractivity contribution in [2.24, 2.45) is 24.8 Å². The van der Waals surface area contributed by atoms with E-state index in [0.29, 0.717) is 12.8 Å². The lowest BCUT2D eigenvalue weighted by molar-refractivity contribution is -0.134. The van der Waals surface area contributed by atoms with Gasteiger partial charge in [-0.3, -0.25) is 19.6 Å². The Morgan fingerprint density at radius 1 is 1.12 bits per heavy atom. The molecule has 4 heterocycles. The van der Waals surface area contributed by atoms with Crippen LogP contribution in [0.4, 0.5) is 5.69 Å². The molecule has 1 aromatic heterocycles. The van der Waals surface area contributed by atoms with Crippen LogP contribution in [0.15, 0.2) is 18.2 Å². The molecule has 3 fully saturated rings. The number of carbonyl (C=O) groups is 2. The maximum absolute atomic E-state index is 12.4. The molecule has 3 saturated heterocycles. The highest BCUT2D eigenvalue weighted by atomic mass is 16.2. The second-order valence-electron chi connectivity index (χ2n) is 10.1. The number of benzene rings is 1. The molecule has 2 aromatic rings. The van der Waals surface area contributed by atoms with E-state index in [-0.39, 0.29) is 17.7 Å². The summed E-state index contributed by atoms with van der Waals surface area (Å²) in [6, 6.07) is 6.50. The van der Waals surface area contributed by atoms with Crippen molar-refractivity contribution in [3.8, 4) is 0 Å². The molecule has 1 unspecified atom stereocenters. The average molecular weight is 438 g/mol. The van der Waals surface area contributed by atoms with Crippen LogP contribution in [0.3, 0.4) is 0 Å². The summed E-state index contributed by atoms with van der Waals surface area (Å²) in [6.45, 7) is 6.97. The van der Waals surface area contributed by atoms with Gasteiger partial charge in [0.15, 0.2) is 0 Å². The molecule has 0 spiro atoms. The van der Waals surface area contributed by atoms with Gasteiger partial charge in [0.05, 0.1) is 17.1 Å². The van der Waals surface area contributed by atoms with Crippen LogP contribution in [0, 0.1) is 17.8 Å². The summed E-state index contributed by atoms with van der Waals surface area (Å²) in [7, 11) is 1.94. The number of fused-ring (bicyclic) bond motifs is 1. The fourth-order valence-electron chi connectivity index (χ4n) is 5.96. The van der Waals surface area contributed by atoms with Gasteiger partial charge >= 0.3 is 0 Å². The highest BCUT2D eigenvalue weighted by Gasteiger charge is 2.32. The van der Waals surface area contributed by atoms with E-state index in [1.54, 1.807) is 0 Å². The first-order valence-electron chi connectivity index (χ1n) is 12.3. The van der Waals surface area contributed by atoms with Gasteiger partial charge in [0, 0.05) is 37.6 Å². The van der Waals surface area contributed by atoms with Crippen molar-refractivity contribution in [3.05, 3.63) is 23.9 Å². The normalized spacial score (nSPS) is 27.7. The monoisotopic (exact) mass is 437 g/mol. The van der Waals surface area contributed by atoms with Crippen LogP contribution in [0.2, 0.25) is 0 Å². The number of hydrogen-bond donors (Lipinski definition) is 2. The van der Waals surface area contributed by atoms with Gasteiger partial charge in [0.1, 0.15) is 0 Å².